The van der Waals surface area contributed by atoms with Gasteiger partial charge in [0, 0.05) is 19.6 Å². The molecular formula is C9H13F5N2O. The number of carbonyl (C=O) groups excluding carboxylic acids is 1. The Kier molecular flexibility index (Phi) is 3.95. The van der Waals surface area contributed by atoms with Gasteiger partial charge in [-0.1, -0.05) is 6.92 Å². The third-order valence-electron chi connectivity index (χ3n) is 2.55. The molecule has 1 heterocycles. The molecule has 0 aromatic carbocycles. The minimum atomic E-state index is -5.84. The first kappa shape index (κ1) is 14.1. The van der Waals surface area contributed by atoms with Crippen LogP contribution >= 0.6 is 0 Å². The zero-order chi connectivity index (χ0) is 13.3. The maximum absolute atomic E-state index is 12.9. The lowest BCUT2D eigenvalue weighted by molar-refractivity contribution is -0.275. The molecule has 0 spiro atoms. The van der Waals surface area contributed by atoms with Gasteiger partial charge in [-0.2, -0.15) is 22.0 Å². The van der Waals surface area contributed by atoms with Crippen LogP contribution in [0.5, 0.6) is 0 Å². The summed E-state index contributed by atoms with van der Waals surface area (Å²) in [6.45, 7) is 2.01. The van der Waals surface area contributed by atoms with Gasteiger partial charge in [0.2, 0.25) is 0 Å². The fourth-order valence-corrected chi connectivity index (χ4v) is 1.49. The van der Waals surface area contributed by atoms with Crippen molar-refractivity contribution in [3.63, 3.8) is 0 Å². The first-order chi connectivity index (χ1) is 7.71. The molecule has 0 saturated carbocycles. The number of nitrogens with one attached hydrogen (secondary N) is 1. The summed E-state index contributed by atoms with van der Waals surface area (Å²) in [7, 11) is 0. The Labute approximate surface area is 95.0 Å². The molecule has 0 aromatic heterocycles. The Morgan fingerprint density at radius 2 is 1.82 bits per heavy atom. The molecule has 17 heavy (non-hydrogen) atoms. The van der Waals surface area contributed by atoms with E-state index in [4.69, 9.17) is 0 Å². The van der Waals surface area contributed by atoms with Crippen LogP contribution in [0, 0.1) is 0 Å². The maximum Gasteiger partial charge on any atom is 0.463 e. The molecule has 0 aromatic rings. The third-order valence-corrected chi connectivity index (χ3v) is 2.55. The van der Waals surface area contributed by atoms with Crippen molar-refractivity contribution in [1.29, 1.82) is 0 Å². The first-order valence-corrected chi connectivity index (χ1v) is 5.18. The third kappa shape index (κ3) is 2.67. The van der Waals surface area contributed by atoms with E-state index in [1.807, 2.05) is 0 Å². The van der Waals surface area contributed by atoms with Gasteiger partial charge in [-0.3, -0.25) is 4.79 Å². The summed E-state index contributed by atoms with van der Waals surface area (Å²) >= 11 is 0. The van der Waals surface area contributed by atoms with Crippen LogP contribution in [0.3, 0.4) is 0 Å². The summed E-state index contributed by atoms with van der Waals surface area (Å²) in [6, 6.07) is -0.573. The Hall–Kier alpha value is -0.920. The summed E-state index contributed by atoms with van der Waals surface area (Å²) in [4.78, 5) is 11.9. The van der Waals surface area contributed by atoms with Crippen molar-refractivity contribution >= 4 is 5.91 Å². The van der Waals surface area contributed by atoms with Crippen LogP contribution in [0.1, 0.15) is 13.3 Å². The lowest BCUT2D eigenvalue weighted by Gasteiger charge is -2.39. The van der Waals surface area contributed by atoms with Crippen molar-refractivity contribution in [3.05, 3.63) is 0 Å². The number of hydrogen-bond donors (Lipinski definition) is 1. The molecule has 0 atom stereocenters. The van der Waals surface area contributed by atoms with E-state index in [-0.39, 0.29) is 19.6 Å². The van der Waals surface area contributed by atoms with Crippen molar-refractivity contribution in [2.45, 2.75) is 31.5 Å². The van der Waals surface area contributed by atoms with E-state index in [9.17, 15) is 26.7 Å². The first-order valence-electron chi connectivity index (χ1n) is 5.18. The number of carbonyl (C=O) groups is 1. The molecule has 0 radical (unpaired) electrons. The van der Waals surface area contributed by atoms with Gasteiger partial charge >= 0.3 is 18.0 Å². The molecule has 1 fully saturated rings. The smallest absolute Gasteiger partial charge is 0.332 e. The quantitative estimate of drug-likeness (QED) is 0.775. The second kappa shape index (κ2) is 4.75. The summed E-state index contributed by atoms with van der Waals surface area (Å²) in [5.41, 5.74) is 0. The fraction of sp³-hybridized carbons (Fsp3) is 0.889. The van der Waals surface area contributed by atoms with E-state index < -0.39 is 24.0 Å². The average Bonchev–Trinajstić information content (AvgIpc) is 2.11. The molecule has 8 heteroatoms. The molecule has 1 aliphatic rings. The molecule has 1 N–H and O–H groups in total. The highest BCUT2D eigenvalue weighted by molar-refractivity contribution is 5.84. The summed E-state index contributed by atoms with van der Waals surface area (Å²) in [5, 5.41) is 2.73. The minimum absolute atomic E-state index is 0.100. The SMILES string of the molecule is CCCN(C(=O)C(F)(F)C(F)(F)F)C1CNC1. The molecular weight excluding hydrogens is 247 g/mol. The highest BCUT2D eigenvalue weighted by atomic mass is 19.4. The van der Waals surface area contributed by atoms with Gasteiger partial charge in [-0.15, -0.1) is 0 Å². The standard InChI is InChI=1S/C9H13F5N2O/c1-2-3-16(6-4-15-5-6)7(17)8(10,11)9(12,13)14/h6,15H,2-5H2,1H3. The number of nitrogens with zero attached hydrogens (tertiary/aromatic N) is 1. The van der Waals surface area contributed by atoms with E-state index in [0.29, 0.717) is 11.3 Å². The largest absolute Gasteiger partial charge is 0.463 e. The Bertz CT molecular complexity index is 288. The second-order valence-corrected chi connectivity index (χ2v) is 3.88. The van der Waals surface area contributed by atoms with Crippen molar-refractivity contribution in [2.75, 3.05) is 19.6 Å². The van der Waals surface area contributed by atoms with E-state index in [2.05, 4.69) is 5.32 Å². The van der Waals surface area contributed by atoms with Crippen LogP contribution in [0.15, 0.2) is 0 Å². The summed E-state index contributed by atoms with van der Waals surface area (Å²) < 4.78 is 61.9. The number of hydrogen-bond acceptors (Lipinski definition) is 2. The molecule has 1 rings (SSSR count). The van der Waals surface area contributed by atoms with Gasteiger partial charge in [0.05, 0.1) is 6.04 Å². The average molecular weight is 260 g/mol. The lowest BCUT2D eigenvalue weighted by Crippen LogP contribution is -2.63. The normalized spacial score (nSPS) is 17.8. The number of amides is 1. The molecule has 100 valence electrons. The van der Waals surface area contributed by atoms with Crippen molar-refractivity contribution in [1.82, 2.24) is 10.2 Å². The van der Waals surface area contributed by atoms with E-state index in [1.165, 1.54) is 0 Å². The highest BCUT2D eigenvalue weighted by Gasteiger charge is 2.65. The van der Waals surface area contributed by atoms with Gasteiger partial charge in [0.15, 0.2) is 0 Å². The van der Waals surface area contributed by atoms with Gasteiger partial charge in [-0.05, 0) is 6.42 Å². The van der Waals surface area contributed by atoms with Crippen LogP contribution in [-0.4, -0.2) is 48.6 Å². The van der Waals surface area contributed by atoms with Crippen LogP contribution in [0.25, 0.3) is 0 Å². The van der Waals surface area contributed by atoms with Crippen LogP contribution in [0.2, 0.25) is 0 Å². The zero-order valence-electron chi connectivity index (χ0n) is 9.15. The zero-order valence-corrected chi connectivity index (χ0v) is 9.15. The highest BCUT2D eigenvalue weighted by Crippen LogP contribution is 2.37. The van der Waals surface area contributed by atoms with Gasteiger partial charge in [-0.25, -0.2) is 0 Å². The molecule has 0 bridgehead atoms. The molecule has 1 amide bonds. The molecule has 0 aliphatic carbocycles. The van der Waals surface area contributed by atoms with Crippen molar-refractivity contribution in [2.24, 2.45) is 0 Å². The lowest BCUT2D eigenvalue weighted by atomic mass is 10.1. The van der Waals surface area contributed by atoms with E-state index >= 15 is 0 Å². The number of halogens is 5. The monoisotopic (exact) mass is 260 g/mol. The Morgan fingerprint density at radius 3 is 2.12 bits per heavy atom. The molecule has 1 saturated heterocycles. The second-order valence-electron chi connectivity index (χ2n) is 3.88. The predicted octanol–water partition coefficient (Wildman–Crippen LogP) is 1.39. The Balaban J connectivity index is 2.83. The van der Waals surface area contributed by atoms with Gasteiger partial charge in [0.25, 0.3) is 0 Å². The molecule has 1 aliphatic heterocycles. The number of rotatable bonds is 4. The Morgan fingerprint density at radius 1 is 1.29 bits per heavy atom. The van der Waals surface area contributed by atoms with E-state index in [0.717, 1.165) is 0 Å². The molecule has 0 unspecified atom stereocenters. The predicted molar refractivity (Wildman–Crippen MR) is 49.7 cm³/mol. The van der Waals surface area contributed by atoms with Crippen molar-refractivity contribution in [3.8, 4) is 0 Å². The van der Waals surface area contributed by atoms with Gasteiger partial charge < -0.3 is 10.2 Å². The molecule has 3 nitrogen and oxygen atoms in total. The van der Waals surface area contributed by atoms with Crippen LogP contribution in [0.4, 0.5) is 22.0 Å². The topological polar surface area (TPSA) is 32.3 Å². The summed E-state index contributed by atoms with van der Waals surface area (Å²) in [5.74, 6) is -7.46. The van der Waals surface area contributed by atoms with E-state index in [1.54, 1.807) is 6.92 Å². The van der Waals surface area contributed by atoms with Crippen LogP contribution < -0.4 is 5.32 Å². The maximum atomic E-state index is 12.9. The van der Waals surface area contributed by atoms with Crippen molar-refractivity contribution < 1.29 is 26.7 Å². The minimum Gasteiger partial charge on any atom is -0.332 e. The van der Waals surface area contributed by atoms with Gasteiger partial charge in [0.1, 0.15) is 0 Å². The number of alkyl halides is 5. The fourth-order valence-electron chi connectivity index (χ4n) is 1.49. The summed E-state index contributed by atoms with van der Waals surface area (Å²) in [6.07, 6.45) is -5.51. The van der Waals surface area contributed by atoms with Crippen LogP contribution in [-0.2, 0) is 4.79 Å².